The summed E-state index contributed by atoms with van der Waals surface area (Å²) in [5, 5.41) is 9.40. The van der Waals surface area contributed by atoms with E-state index in [4.69, 9.17) is 10.5 Å². The smallest absolute Gasteiger partial charge is 0.119 e. The van der Waals surface area contributed by atoms with Crippen LogP contribution in [0.5, 0.6) is 5.75 Å². The Morgan fingerprint density at radius 3 is 2.75 bits per heavy atom. The number of nitrogens with two attached hydrogens (primary N) is 1. The maximum absolute atomic E-state index is 9.40. The highest BCUT2D eigenvalue weighted by atomic mass is 16.5. The molecule has 3 heteroatoms. The third-order valence-corrected chi connectivity index (χ3v) is 2.55. The lowest BCUT2D eigenvalue weighted by atomic mass is 9.93. The molecule has 16 heavy (non-hydrogen) atoms. The second kappa shape index (κ2) is 6.51. The average Bonchev–Trinajstić information content (AvgIpc) is 2.26. The van der Waals surface area contributed by atoms with E-state index in [0.29, 0.717) is 19.6 Å². The van der Waals surface area contributed by atoms with Gasteiger partial charge in [0.15, 0.2) is 0 Å². The molecule has 1 aromatic rings. The van der Waals surface area contributed by atoms with Crippen LogP contribution >= 0.6 is 0 Å². The van der Waals surface area contributed by atoms with Crippen molar-refractivity contribution < 1.29 is 9.84 Å². The molecule has 0 amide bonds. The van der Waals surface area contributed by atoms with Gasteiger partial charge in [0.1, 0.15) is 5.75 Å². The normalized spacial score (nSPS) is 14.5. The van der Waals surface area contributed by atoms with Gasteiger partial charge in [0.05, 0.1) is 12.7 Å². The number of hydrogen-bond donors (Lipinski definition) is 2. The lowest BCUT2D eigenvalue weighted by molar-refractivity contribution is 0.175. The van der Waals surface area contributed by atoms with Crippen LogP contribution in [0.4, 0.5) is 0 Å². The van der Waals surface area contributed by atoms with Gasteiger partial charge in [0.2, 0.25) is 0 Å². The van der Waals surface area contributed by atoms with Crippen LogP contribution in [0.2, 0.25) is 0 Å². The Morgan fingerprint density at radius 2 is 2.19 bits per heavy atom. The van der Waals surface area contributed by atoms with Gasteiger partial charge in [-0.1, -0.05) is 12.1 Å². The van der Waals surface area contributed by atoms with Crippen molar-refractivity contribution in [3.63, 3.8) is 0 Å². The number of ether oxygens (including phenoxy) is 1. The zero-order valence-corrected chi connectivity index (χ0v) is 10.0. The zero-order valence-electron chi connectivity index (χ0n) is 10.0. The summed E-state index contributed by atoms with van der Waals surface area (Å²) in [6.45, 7) is 4.95. The van der Waals surface area contributed by atoms with Gasteiger partial charge in [0.25, 0.3) is 0 Å². The van der Waals surface area contributed by atoms with E-state index >= 15 is 0 Å². The van der Waals surface area contributed by atoms with E-state index in [1.54, 1.807) is 6.92 Å². The third-order valence-electron chi connectivity index (χ3n) is 2.55. The molecule has 0 aliphatic heterocycles. The van der Waals surface area contributed by atoms with Crippen molar-refractivity contribution in [1.82, 2.24) is 0 Å². The first kappa shape index (κ1) is 13.0. The Morgan fingerprint density at radius 1 is 1.44 bits per heavy atom. The van der Waals surface area contributed by atoms with E-state index in [2.05, 4.69) is 0 Å². The number of aliphatic hydroxyl groups excluding tert-OH is 1. The van der Waals surface area contributed by atoms with Gasteiger partial charge >= 0.3 is 0 Å². The fraction of sp³-hybridized carbons (Fsp3) is 0.538. The topological polar surface area (TPSA) is 55.5 Å². The van der Waals surface area contributed by atoms with Crippen molar-refractivity contribution in [3.8, 4) is 5.75 Å². The minimum Gasteiger partial charge on any atom is -0.494 e. The van der Waals surface area contributed by atoms with E-state index < -0.39 is 0 Å². The molecule has 90 valence electrons. The standard InChI is InChI=1S/C13H21NO2/c1-3-16-13-6-4-5-11(8-13)12(9-14)7-10(2)15/h4-6,8,10,12,15H,3,7,9,14H2,1-2H3. The highest BCUT2D eigenvalue weighted by Crippen LogP contribution is 2.24. The van der Waals surface area contributed by atoms with Crippen molar-refractivity contribution in [1.29, 1.82) is 0 Å². The minimum absolute atomic E-state index is 0.195. The zero-order chi connectivity index (χ0) is 12.0. The maximum atomic E-state index is 9.40. The molecule has 2 unspecified atom stereocenters. The fourth-order valence-corrected chi connectivity index (χ4v) is 1.81. The molecule has 0 saturated heterocycles. The molecule has 2 atom stereocenters. The molecule has 0 aromatic heterocycles. The third kappa shape index (κ3) is 3.83. The molecule has 3 N–H and O–H groups in total. The predicted molar refractivity (Wildman–Crippen MR) is 65.7 cm³/mol. The molecule has 0 fully saturated rings. The van der Waals surface area contributed by atoms with Crippen LogP contribution in [0.1, 0.15) is 31.7 Å². The first-order valence-corrected chi connectivity index (χ1v) is 5.78. The van der Waals surface area contributed by atoms with Crippen molar-refractivity contribution in [3.05, 3.63) is 29.8 Å². The molecule has 1 aromatic carbocycles. The number of benzene rings is 1. The van der Waals surface area contributed by atoms with Crippen LogP contribution in [0.25, 0.3) is 0 Å². The molecule has 0 spiro atoms. The van der Waals surface area contributed by atoms with Gasteiger partial charge in [0, 0.05) is 0 Å². The van der Waals surface area contributed by atoms with E-state index in [1.165, 1.54) is 0 Å². The summed E-state index contributed by atoms with van der Waals surface area (Å²) in [7, 11) is 0. The van der Waals surface area contributed by atoms with Gasteiger partial charge in [-0.3, -0.25) is 0 Å². The lowest BCUT2D eigenvalue weighted by Gasteiger charge is -2.17. The largest absolute Gasteiger partial charge is 0.494 e. The Kier molecular flexibility index (Phi) is 5.29. The van der Waals surface area contributed by atoms with Crippen molar-refractivity contribution >= 4 is 0 Å². The van der Waals surface area contributed by atoms with Crippen LogP contribution in [0.3, 0.4) is 0 Å². The van der Waals surface area contributed by atoms with Crippen LogP contribution in [0, 0.1) is 0 Å². The Bertz CT molecular complexity index is 313. The molecule has 0 aliphatic carbocycles. The second-order valence-corrected chi connectivity index (χ2v) is 4.02. The Hall–Kier alpha value is -1.06. The van der Waals surface area contributed by atoms with Crippen molar-refractivity contribution in [2.45, 2.75) is 32.3 Å². The van der Waals surface area contributed by atoms with Gasteiger partial charge in [-0.2, -0.15) is 0 Å². The molecule has 0 radical (unpaired) electrons. The summed E-state index contributed by atoms with van der Waals surface area (Å²) in [5.74, 6) is 1.06. The SMILES string of the molecule is CCOc1cccc(C(CN)CC(C)O)c1. The quantitative estimate of drug-likeness (QED) is 0.774. The number of hydrogen-bond acceptors (Lipinski definition) is 3. The molecule has 0 saturated carbocycles. The van der Waals surface area contributed by atoms with Crippen molar-refractivity contribution in [2.24, 2.45) is 5.73 Å². The Labute approximate surface area is 97.2 Å². The van der Waals surface area contributed by atoms with Crippen LogP contribution in [-0.2, 0) is 0 Å². The van der Waals surface area contributed by atoms with E-state index in [1.807, 2.05) is 31.2 Å². The lowest BCUT2D eigenvalue weighted by Crippen LogP contribution is -2.17. The summed E-state index contributed by atoms with van der Waals surface area (Å²) < 4.78 is 5.44. The molecular formula is C13H21NO2. The predicted octanol–water partition coefficient (Wildman–Crippen LogP) is 1.90. The monoisotopic (exact) mass is 223 g/mol. The van der Waals surface area contributed by atoms with E-state index in [-0.39, 0.29) is 12.0 Å². The molecular weight excluding hydrogens is 202 g/mol. The van der Waals surface area contributed by atoms with Crippen LogP contribution in [0.15, 0.2) is 24.3 Å². The molecule has 3 nitrogen and oxygen atoms in total. The summed E-state index contributed by atoms with van der Waals surface area (Å²) in [6.07, 6.45) is 0.357. The van der Waals surface area contributed by atoms with Crippen LogP contribution < -0.4 is 10.5 Å². The summed E-state index contributed by atoms with van der Waals surface area (Å²) in [5.41, 5.74) is 6.86. The highest BCUT2D eigenvalue weighted by Gasteiger charge is 2.13. The van der Waals surface area contributed by atoms with E-state index in [0.717, 1.165) is 11.3 Å². The fourth-order valence-electron chi connectivity index (χ4n) is 1.81. The number of rotatable bonds is 6. The van der Waals surface area contributed by atoms with Gasteiger partial charge in [-0.25, -0.2) is 0 Å². The van der Waals surface area contributed by atoms with Crippen LogP contribution in [-0.4, -0.2) is 24.4 Å². The molecule has 0 heterocycles. The van der Waals surface area contributed by atoms with E-state index in [9.17, 15) is 5.11 Å². The summed E-state index contributed by atoms with van der Waals surface area (Å²) in [4.78, 5) is 0. The first-order valence-electron chi connectivity index (χ1n) is 5.78. The molecule has 1 rings (SSSR count). The maximum Gasteiger partial charge on any atom is 0.119 e. The number of aliphatic hydroxyl groups is 1. The van der Waals surface area contributed by atoms with Crippen molar-refractivity contribution in [2.75, 3.05) is 13.2 Å². The highest BCUT2D eigenvalue weighted by molar-refractivity contribution is 5.31. The van der Waals surface area contributed by atoms with Gasteiger partial charge in [-0.15, -0.1) is 0 Å². The summed E-state index contributed by atoms with van der Waals surface area (Å²) in [6, 6.07) is 7.93. The summed E-state index contributed by atoms with van der Waals surface area (Å²) >= 11 is 0. The molecule has 0 aliphatic rings. The second-order valence-electron chi connectivity index (χ2n) is 4.02. The van der Waals surface area contributed by atoms with Gasteiger partial charge in [-0.05, 0) is 50.4 Å². The average molecular weight is 223 g/mol. The minimum atomic E-state index is -0.329. The van der Waals surface area contributed by atoms with Gasteiger partial charge < -0.3 is 15.6 Å². The molecule has 0 bridgehead atoms. The first-order chi connectivity index (χ1) is 7.67. The Balaban J connectivity index is 2.79.